The fourth-order valence-electron chi connectivity index (χ4n) is 1.81. The second-order valence-electron chi connectivity index (χ2n) is 4.42. The average Bonchev–Trinajstić information content (AvgIpc) is 2.46. The van der Waals surface area contributed by atoms with Crippen LogP contribution in [0.25, 0.3) is 0 Å². The highest BCUT2D eigenvalue weighted by Gasteiger charge is 2.11. The van der Waals surface area contributed by atoms with Gasteiger partial charge < -0.3 is 10.5 Å². The summed E-state index contributed by atoms with van der Waals surface area (Å²) in [4.78, 5) is 14.3. The van der Waals surface area contributed by atoms with Crippen molar-refractivity contribution in [2.45, 2.75) is 13.5 Å². The summed E-state index contributed by atoms with van der Waals surface area (Å²) < 4.78 is 5.61. The molecule has 0 aliphatic rings. The Kier molecular flexibility index (Phi) is 4.13. The van der Waals surface area contributed by atoms with E-state index in [0.29, 0.717) is 17.0 Å². The topological polar surface area (TPSA) is 115 Å². The molecular formula is C14H14N4O3. The van der Waals surface area contributed by atoms with E-state index in [1.165, 1.54) is 12.1 Å². The van der Waals surface area contributed by atoms with Gasteiger partial charge in [0.15, 0.2) is 0 Å². The minimum Gasteiger partial charge on any atom is -0.488 e. The van der Waals surface area contributed by atoms with Crippen molar-refractivity contribution in [2.75, 3.05) is 0 Å². The summed E-state index contributed by atoms with van der Waals surface area (Å²) in [5.41, 5.74) is 7.20. The Balaban J connectivity index is 2.22. The second-order valence-corrected chi connectivity index (χ2v) is 4.42. The molecule has 0 saturated heterocycles. The first-order valence-corrected chi connectivity index (χ1v) is 6.15. The lowest BCUT2D eigenvalue weighted by Gasteiger charge is -2.11. The predicted molar refractivity (Wildman–Crippen MR) is 77.4 cm³/mol. The van der Waals surface area contributed by atoms with Crippen LogP contribution in [0.2, 0.25) is 0 Å². The van der Waals surface area contributed by atoms with Gasteiger partial charge in [0.25, 0.3) is 5.69 Å². The maximum absolute atomic E-state index is 10.8. The third-order valence-electron chi connectivity index (χ3n) is 2.91. The summed E-state index contributed by atoms with van der Waals surface area (Å²) >= 11 is 0. The highest BCUT2D eigenvalue weighted by Crippen LogP contribution is 2.25. The zero-order chi connectivity index (χ0) is 15.4. The molecule has 0 spiro atoms. The molecule has 0 unspecified atom stereocenters. The molecule has 0 bridgehead atoms. The summed E-state index contributed by atoms with van der Waals surface area (Å²) in [7, 11) is 0. The molecule has 0 radical (unpaired) electrons. The standard InChI is InChI=1S/C14H14N4O3/c1-9-4-5-11(18(19)20)7-12(9)21-8-10-3-2-6-17-13(10)14(15)16/h2-7H,8H2,1H3,(H3,15,16). The zero-order valence-electron chi connectivity index (χ0n) is 11.4. The number of aromatic nitrogens is 1. The van der Waals surface area contributed by atoms with Crippen LogP contribution in [0.3, 0.4) is 0 Å². The smallest absolute Gasteiger partial charge is 0.273 e. The number of pyridine rings is 1. The predicted octanol–water partition coefficient (Wildman–Crippen LogP) is 2.16. The van der Waals surface area contributed by atoms with E-state index >= 15 is 0 Å². The number of nitrogens with two attached hydrogens (primary N) is 1. The first-order valence-electron chi connectivity index (χ1n) is 6.15. The monoisotopic (exact) mass is 286 g/mol. The largest absolute Gasteiger partial charge is 0.488 e. The number of ether oxygens (including phenoxy) is 1. The van der Waals surface area contributed by atoms with Crippen LogP contribution >= 0.6 is 0 Å². The molecule has 21 heavy (non-hydrogen) atoms. The van der Waals surface area contributed by atoms with Crippen LogP contribution in [0.1, 0.15) is 16.8 Å². The Hall–Kier alpha value is -2.96. The lowest BCUT2D eigenvalue weighted by atomic mass is 10.2. The quantitative estimate of drug-likeness (QED) is 0.378. The van der Waals surface area contributed by atoms with E-state index in [9.17, 15) is 10.1 Å². The van der Waals surface area contributed by atoms with E-state index < -0.39 is 4.92 Å². The molecule has 1 aromatic heterocycles. The van der Waals surface area contributed by atoms with E-state index in [4.69, 9.17) is 15.9 Å². The number of hydrogen-bond donors (Lipinski definition) is 2. The van der Waals surface area contributed by atoms with Gasteiger partial charge in [0.2, 0.25) is 0 Å². The van der Waals surface area contributed by atoms with Gasteiger partial charge in [0, 0.05) is 17.8 Å². The average molecular weight is 286 g/mol. The number of aryl methyl sites for hydroxylation is 1. The summed E-state index contributed by atoms with van der Waals surface area (Å²) in [6, 6.07) is 7.89. The first kappa shape index (κ1) is 14.4. The van der Waals surface area contributed by atoms with Crippen LogP contribution in [0, 0.1) is 22.4 Å². The number of non-ortho nitro benzene ring substituents is 1. The van der Waals surface area contributed by atoms with Crippen LogP contribution in [0.4, 0.5) is 5.69 Å². The number of nitrogens with zero attached hydrogens (tertiary/aromatic N) is 2. The van der Waals surface area contributed by atoms with Gasteiger partial charge in [-0.3, -0.25) is 20.5 Å². The minimum atomic E-state index is -0.475. The highest BCUT2D eigenvalue weighted by molar-refractivity contribution is 5.94. The van der Waals surface area contributed by atoms with Crippen molar-refractivity contribution in [1.82, 2.24) is 4.98 Å². The highest BCUT2D eigenvalue weighted by atomic mass is 16.6. The molecule has 0 aliphatic carbocycles. The van der Waals surface area contributed by atoms with Gasteiger partial charge in [-0.25, -0.2) is 0 Å². The van der Waals surface area contributed by atoms with E-state index in [2.05, 4.69) is 4.98 Å². The van der Waals surface area contributed by atoms with Gasteiger partial charge in [-0.05, 0) is 24.6 Å². The number of amidine groups is 1. The van der Waals surface area contributed by atoms with Crippen molar-refractivity contribution in [1.29, 1.82) is 5.41 Å². The summed E-state index contributed by atoms with van der Waals surface area (Å²) in [6.07, 6.45) is 1.54. The minimum absolute atomic E-state index is 0.0337. The Morgan fingerprint density at radius 3 is 2.90 bits per heavy atom. The molecule has 1 aromatic carbocycles. The normalized spacial score (nSPS) is 10.1. The molecule has 0 aliphatic heterocycles. The molecule has 0 fully saturated rings. The van der Waals surface area contributed by atoms with Gasteiger partial charge in [0.05, 0.1) is 11.0 Å². The number of rotatable bonds is 5. The van der Waals surface area contributed by atoms with Crippen molar-refractivity contribution in [3.05, 3.63) is 63.5 Å². The molecule has 3 N–H and O–H groups in total. The molecule has 108 valence electrons. The molecule has 0 amide bonds. The molecular weight excluding hydrogens is 272 g/mol. The fraction of sp³-hybridized carbons (Fsp3) is 0.143. The van der Waals surface area contributed by atoms with Crippen LogP contribution in [-0.2, 0) is 6.61 Å². The van der Waals surface area contributed by atoms with E-state index in [1.807, 2.05) is 0 Å². The van der Waals surface area contributed by atoms with Gasteiger partial charge >= 0.3 is 0 Å². The Morgan fingerprint density at radius 1 is 1.48 bits per heavy atom. The van der Waals surface area contributed by atoms with Crippen molar-refractivity contribution < 1.29 is 9.66 Å². The van der Waals surface area contributed by atoms with Crippen molar-refractivity contribution in [3.8, 4) is 5.75 Å². The Morgan fingerprint density at radius 2 is 2.24 bits per heavy atom. The van der Waals surface area contributed by atoms with Crippen molar-refractivity contribution in [3.63, 3.8) is 0 Å². The maximum Gasteiger partial charge on any atom is 0.273 e. The number of nitro benzene ring substituents is 1. The summed E-state index contributed by atoms with van der Waals surface area (Å²) in [5.74, 6) is 0.271. The molecule has 7 heteroatoms. The molecule has 0 saturated carbocycles. The number of nitrogen functional groups attached to an aromatic ring is 1. The van der Waals surface area contributed by atoms with Crippen molar-refractivity contribution in [2.24, 2.45) is 5.73 Å². The third-order valence-corrected chi connectivity index (χ3v) is 2.91. The van der Waals surface area contributed by atoms with Crippen LogP contribution in [0.5, 0.6) is 5.75 Å². The fourth-order valence-corrected chi connectivity index (χ4v) is 1.81. The van der Waals surface area contributed by atoms with Crippen LogP contribution in [-0.4, -0.2) is 15.7 Å². The molecule has 1 heterocycles. The van der Waals surface area contributed by atoms with Crippen molar-refractivity contribution >= 4 is 11.5 Å². The van der Waals surface area contributed by atoms with Gasteiger partial charge in [-0.2, -0.15) is 0 Å². The van der Waals surface area contributed by atoms with Gasteiger partial charge in [0.1, 0.15) is 23.9 Å². The van der Waals surface area contributed by atoms with Gasteiger partial charge in [-0.15, -0.1) is 0 Å². The third kappa shape index (κ3) is 3.33. The maximum atomic E-state index is 10.8. The molecule has 2 rings (SSSR count). The van der Waals surface area contributed by atoms with E-state index in [0.717, 1.165) is 5.56 Å². The summed E-state index contributed by atoms with van der Waals surface area (Å²) in [5, 5.41) is 18.2. The molecule has 7 nitrogen and oxygen atoms in total. The number of nitrogens with one attached hydrogen (secondary N) is 1. The number of nitro groups is 1. The Labute approximate surface area is 121 Å². The van der Waals surface area contributed by atoms with E-state index in [-0.39, 0.29) is 18.1 Å². The second kappa shape index (κ2) is 6.00. The van der Waals surface area contributed by atoms with Crippen LogP contribution in [0.15, 0.2) is 36.5 Å². The van der Waals surface area contributed by atoms with Crippen LogP contribution < -0.4 is 10.5 Å². The van der Waals surface area contributed by atoms with Gasteiger partial charge in [-0.1, -0.05) is 6.07 Å². The SMILES string of the molecule is Cc1ccc([N+](=O)[O-])cc1OCc1cccnc1C(=N)N. The summed E-state index contributed by atoms with van der Waals surface area (Å²) in [6.45, 7) is 1.93. The molecule has 0 atom stereocenters. The lowest BCUT2D eigenvalue weighted by molar-refractivity contribution is -0.385. The zero-order valence-corrected chi connectivity index (χ0v) is 11.4. The van der Waals surface area contributed by atoms with E-state index in [1.54, 1.807) is 31.3 Å². The number of hydrogen-bond acceptors (Lipinski definition) is 5. The molecule has 2 aromatic rings. The number of benzene rings is 1. The lowest BCUT2D eigenvalue weighted by Crippen LogP contribution is -2.16. The Bertz CT molecular complexity index is 700. The first-order chi connectivity index (χ1) is 9.99.